The first-order valence-electron chi connectivity index (χ1n) is 9.79. The Labute approximate surface area is 176 Å². The molecule has 2 amide bonds. The molecule has 0 bridgehead atoms. The highest BCUT2D eigenvalue weighted by Gasteiger charge is 2.32. The maximum Gasteiger partial charge on any atom is 0.322 e. The van der Waals surface area contributed by atoms with Crippen molar-refractivity contribution in [3.63, 3.8) is 0 Å². The zero-order chi connectivity index (χ0) is 20.8. The van der Waals surface area contributed by atoms with Gasteiger partial charge in [-0.2, -0.15) is 0 Å². The van der Waals surface area contributed by atoms with E-state index in [-0.39, 0.29) is 12.1 Å². The third-order valence-corrected chi connectivity index (χ3v) is 5.25. The van der Waals surface area contributed by atoms with Gasteiger partial charge >= 0.3 is 6.03 Å². The second-order valence-electron chi connectivity index (χ2n) is 6.88. The largest absolute Gasteiger partial charge is 0.497 e. The topological polar surface area (TPSA) is 60.0 Å². The number of rotatable bonds is 7. The lowest BCUT2D eigenvalue weighted by Crippen LogP contribution is -2.34. The molecule has 1 heterocycles. The summed E-state index contributed by atoms with van der Waals surface area (Å²) in [7, 11) is 3.26. The van der Waals surface area contributed by atoms with Gasteiger partial charge in [-0.1, -0.05) is 18.5 Å². The smallest absolute Gasteiger partial charge is 0.322 e. The van der Waals surface area contributed by atoms with Crippen LogP contribution in [0.3, 0.4) is 0 Å². The quantitative estimate of drug-likeness (QED) is 0.643. The Balaban J connectivity index is 1.76. The second kappa shape index (κ2) is 9.74. The lowest BCUT2D eigenvalue weighted by atomic mass is 10.0. The summed E-state index contributed by atoms with van der Waals surface area (Å²) >= 11 is 6.29. The maximum absolute atomic E-state index is 13.0. The number of ether oxygens (including phenoxy) is 3. The van der Waals surface area contributed by atoms with Crippen LogP contribution in [0.15, 0.2) is 36.4 Å². The summed E-state index contributed by atoms with van der Waals surface area (Å²) in [5.41, 5.74) is 1.58. The summed E-state index contributed by atoms with van der Waals surface area (Å²) < 4.78 is 16.5. The van der Waals surface area contributed by atoms with Gasteiger partial charge in [0.1, 0.15) is 17.2 Å². The molecule has 6 nitrogen and oxygen atoms in total. The lowest BCUT2D eigenvalue weighted by molar-refractivity contribution is 0.206. The molecule has 0 radical (unpaired) electrons. The molecule has 1 atom stereocenters. The van der Waals surface area contributed by atoms with Crippen LogP contribution in [0.4, 0.5) is 10.5 Å². The number of halogens is 1. The summed E-state index contributed by atoms with van der Waals surface area (Å²) in [4.78, 5) is 14.8. The van der Waals surface area contributed by atoms with E-state index in [4.69, 9.17) is 25.8 Å². The monoisotopic (exact) mass is 418 g/mol. The van der Waals surface area contributed by atoms with Crippen molar-refractivity contribution in [3.8, 4) is 17.2 Å². The number of methoxy groups -OCH3 is 2. The maximum atomic E-state index is 13.0. The van der Waals surface area contributed by atoms with Crippen LogP contribution in [-0.4, -0.2) is 38.3 Å². The number of urea groups is 1. The molecule has 7 heteroatoms. The van der Waals surface area contributed by atoms with Crippen LogP contribution in [0.1, 0.15) is 37.8 Å². The number of carbonyl (C=O) groups is 1. The minimum absolute atomic E-state index is 0.0808. The molecule has 1 unspecified atom stereocenters. The normalized spacial score (nSPS) is 15.9. The zero-order valence-corrected chi connectivity index (χ0v) is 17.8. The third-order valence-electron chi connectivity index (χ3n) is 4.95. The predicted octanol–water partition coefficient (Wildman–Crippen LogP) is 5.52. The first kappa shape index (κ1) is 21.1. The standard InChI is InChI=1S/C22H27ClN2O4/c1-4-12-29-21-9-7-15(13-18(21)23)24-22(26)25-11-5-6-19(25)17-14-16(27-2)8-10-20(17)28-3/h7-10,13-14,19H,4-6,11-12H2,1-3H3,(H,24,26). The number of carbonyl (C=O) groups excluding carboxylic acids is 1. The minimum atomic E-state index is -0.171. The fraction of sp³-hybridized carbons (Fsp3) is 0.409. The highest BCUT2D eigenvalue weighted by atomic mass is 35.5. The average Bonchev–Trinajstić information content (AvgIpc) is 3.22. The van der Waals surface area contributed by atoms with Gasteiger partial charge in [0.2, 0.25) is 0 Å². The summed E-state index contributed by atoms with van der Waals surface area (Å²) in [5, 5.41) is 3.42. The summed E-state index contributed by atoms with van der Waals surface area (Å²) in [6.07, 6.45) is 2.68. The Bertz CT molecular complexity index is 859. The Kier molecular flexibility index (Phi) is 7.09. The Morgan fingerprint density at radius 2 is 1.97 bits per heavy atom. The van der Waals surface area contributed by atoms with E-state index in [0.29, 0.717) is 29.6 Å². The van der Waals surface area contributed by atoms with Crippen LogP contribution in [0.25, 0.3) is 0 Å². The van der Waals surface area contributed by atoms with Crippen molar-refractivity contribution in [2.75, 3.05) is 32.7 Å². The van der Waals surface area contributed by atoms with Crippen LogP contribution in [0.2, 0.25) is 5.02 Å². The van der Waals surface area contributed by atoms with E-state index in [1.165, 1.54) is 0 Å². The van der Waals surface area contributed by atoms with Gasteiger partial charge in [-0.25, -0.2) is 4.79 Å². The molecule has 0 aliphatic carbocycles. The number of likely N-dealkylation sites (tertiary alicyclic amines) is 1. The van der Waals surface area contributed by atoms with Gasteiger partial charge in [-0.05, 0) is 55.7 Å². The van der Waals surface area contributed by atoms with Crippen LogP contribution in [0.5, 0.6) is 17.2 Å². The van der Waals surface area contributed by atoms with Crippen LogP contribution < -0.4 is 19.5 Å². The average molecular weight is 419 g/mol. The van der Waals surface area contributed by atoms with Crippen molar-refractivity contribution in [1.29, 1.82) is 0 Å². The van der Waals surface area contributed by atoms with Crippen LogP contribution in [0, 0.1) is 0 Å². The molecule has 1 saturated heterocycles. The molecule has 2 aromatic rings. The SMILES string of the molecule is CCCOc1ccc(NC(=O)N2CCCC2c2cc(OC)ccc2OC)cc1Cl. The van der Waals surface area contributed by atoms with E-state index in [2.05, 4.69) is 5.32 Å². The molecule has 3 rings (SSSR count). The highest BCUT2D eigenvalue weighted by Crippen LogP contribution is 2.39. The fourth-order valence-electron chi connectivity index (χ4n) is 3.54. The van der Waals surface area contributed by atoms with Crippen LogP contribution in [-0.2, 0) is 0 Å². The predicted molar refractivity (Wildman–Crippen MR) is 114 cm³/mol. The third kappa shape index (κ3) is 4.88. The van der Waals surface area contributed by atoms with Gasteiger partial charge in [0, 0.05) is 17.8 Å². The molecular formula is C22H27ClN2O4. The van der Waals surface area contributed by atoms with E-state index in [1.54, 1.807) is 32.4 Å². The van der Waals surface area contributed by atoms with Gasteiger partial charge in [0.15, 0.2) is 0 Å². The van der Waals surface area contributed by atoms with Crippen molar-refractivity contribution >= 4 is 23.3 Å². The zero-order valence-electron chi connectivity index (χ0n) is 17.0. The van der Waals surface area contributed by atoms with E-state index >= 15 is 0 Å². The molecule has 1 aliphatic rings. The molecular weight excluding hydrogens is 392 g/mol. The molecule has 1 aliphatic heterocycles. The molecule has 1 N–H and O–H groups in total. The van der Waals surface area contributed by atoms with Gasteiger partial charge in [0.05, 0.1) is 31.9 Å². The van der Waals surface area contributed by atoms with Gasteiger partial charge in [-0.3, -0.25) is 0 Å². The Hall–Kier alpha value is -2.60. The van der Waals surface area contributed by atoms with Crippen LogP contribution >= 0.6 is 11.6 Å². The number of nitrogens with one attached hydrogen (secondary N) is 1. The van der Waals surface area contributed by atoms with Gasteiger partial charge in [0.25, 0.3) is 0 Å². The lowest BCUT2D eigenvalue weighted by Gasteiger charge is -2.27. The number of amides is 2. The second-order valence-corrected chi connectivity index (χ2v) is 7.29. The number of anilines is 1. The fourth-order valence-corrected chi connectivity index (χ4v) is 3.77. The molecule has 2 aromatic carbocycles. The van der Waals surface area contributed by atoms with Gasteiger partial charge in [-0.15, -0.1) is 0 Å². The molecule has 0 aromatic heterocycles. The first-order valence-corrected chi connectivity index (χ1v) is 10.2. The summed E-state index contributed by atoms with van der Waals surface area (Å²) in [6.45, 7) is 3.30. The Morgan fingerprint density at radius 1 is 1.17 bits per heavy atom. The Morgan fingerprint density at radius 3 is 2.66 bits per heavy atom. The molecule has 0 saturated carbocycles. The summed E-state index contributed by atoms with van der Waals surface area (Å²) in [5.74, 6) is 2.10. The molecule has 1 fully saturated rings. The van der Waals surface area contributed by atoms with E-state index in [1.807, 2.05) is 30.0 Å². The van der Waals surface area contributed by atoms with Crippen molar-refractivity contribution in [2.24, 2.45) is 0 Å². The van der Waals surface area contributed by atoms with E-state index in [9.17, 15) is 4.79 Å². The molecule has 156 valence electrons. The summed E-state index contributed by atoms with van der Waals surface area (Å²) in [6, 6.07) is 10.7. The number of hydrogen-bond acceptors (Lipinski definition) is 4. The van der Waals surface area contributed by atoms with Crippen molar-refractivity contribution in [2.45, 2.75) is 32.2 Å². The number of benzene rings is 2. The van der Waals surface area contributed by atoms with E-state index < -0.39 is 0 Å². The molecule has 29 heavy (non-hydrogen) atoms. The van der Waals surface area contributed by atoms with Crippen molar-refractivity contribution < 1.29 is 19.0 Å². The minimum Gasteiger partial charge on any atom is -0.497 e. The van der Waals surface area contributed by atoms with Gasteiger partial charge < -0.3 is 24.4 Å². The number of nitrogens with zero attached hydrogens (tertiary/aromatic N) is 1. The molecule has 0 spiro atoms. The van der Waals surface area contributed by atoms with Crippen molar-refractivity contribution in [3.05, 3.63) is 47.0 Å². The highest BCUT2D eigenvalue weighted by molar-refractivity contribution is 6.32. The van der Waals surface area contributed by atoms with Crippen molar-refractivity contribution in [1.82, 2.24) is 4.90 Å². The number of hydrogen-bond donors (Lipinski definition) is 1. The first-order chi connectivity index (χ1) is 14.1. The van der Waals surface area contributed by atoms with E-state index in [0.717, 1.165) is 36.3 Å².